The average molecular weight is 151 g/mol. The van der Waals surface area contributed by atoms with Gasteiger partial charge in [0.25, 0.3) is 0 Å². The van der Waals surface area contributed by atoms with Crippen LogP contribution in [0.2, 0.25) is 0 Å². The zero-order chi connectivity index (χ0) is 6.97. The largest absolute Gasteiger partial charge is 0.256 e. The van der Waals surface area contributed by atoms with Crippen molar-refractivity contribution in [2.45, 2.75) is 4.90 Å². The fourth-order valence-corrected chi connectivity index (χ4v) is 1.11. The van der Waals surface area contributed by atoms with Gasteiger partial charge in [-0.15, -0.1) is 17.7 Å². The summed E-state index contributed by atoms with van der Waals surface area (Å²) < 4.78 is 0. The van der Waals surface area contributed by atoms with E-state index in [1.807, 2.05) is 18.2 Å². The van der Waals surface area contributed by atoms with E-state index in [-0.39, 0.29) is 0 Å². The molecule has 10 heavy (non-hydrogen) atoms. The molecular weight excluding hydrogens is 146 g/mol. The number of aromatic amines is 1. The molecule has 0 bridgehead atoms. The van der Waals surface area contributed by atoms with Gasteiger partial charge in [-0.25, -0.2) is 0 Å². The number of hydrogen-bond acceptors (Lipinski definition) is 3. The summed E-state index contributed by atoms with van der Waals surface area (Å²) in [6, 6.07) is 5.68. The van der Waals surface area contributed by atoms with Crippen molar-refractivity contribution in [3.63, 3.8) is 0 Å². The minimum Gasteiger partial charge on any atom is -0.256 e. The number of rotatable bonds is 0. The van der Waals surface area contributed by atoms with Crippen molar-refractivity contribution in [2.24, 2.45) is 0 Å². The van der Waals surface area contributed by atoms with E-state index in [2.05, 4.69) is 28.0 Å². The van der Waals surface area contributed by atoms with Crippen LogP contribution < -0.4 is 0 Å². The molecule has 0 amide bonds. The Hall–Kier alpha value is -1.03. The summed E-state index contributed by atoms with van der Waals surface area (Å²) in [5.74, 6) is 0. The number of benzene rings is 1. The van der Waals surface area contributed by atoms with Gasteiger partial charge in [0.1, 0.15) is 5.52 Å². The highest BCUT2D eigenvalue weighted by atomic mass is 32.1. The summed E-state index contributed by atoms with van der Waals surface area (Å²) in [6.07, 6.45) is 0. The summed E-state index contributed by atoms with van der Waals surface area (Å²) in [7, 11) is 0. The Labute approximate surface area is 62.9 Å². The lowest BCUT2D eigenvalue weighted by atomic mass is 10.3. The number of hydrogen-bond donors (Lipinski definition) is 2. The van der Waals surface area contributed by atoms with Crippen LogP contribution in [0.4, 0.5) is 0 Å². The van der Waals surface area contributed by atoms with Crippen molar-refractivity contribution in [3.05, 3.63) is 18.2 Å². The molecule has 4 heteroatoms. The van der Waals surface area contributed by atoms with Crippen LogP contribution in [0.25, 0.3) is 11.0 Å². The fourth-order valence-electron chi connectivity index (χ4n) is 0.855. The molecule has 0 aliphatic carbocycles. The molecule has 0 saturated carbocycles. The van der Waals surface area contributed by atoms with Crippen LogP contribution in [0.1, 0.15) is 0 Å². The first kappa shape index (κ1) is 5.73. The van der Waals surface area contributed by atoms with E-state index in [1.54, 1.807) is 0 Å². The molecule has 1 aromatic heterocycles. The first-order valence-corrected chi connectivity index (χ1v) is 3.31. The monoisotopic (exact) mass is 151 g/mol. The highest BCUT2D eigenvalue weighted by Gasteiger charge is 1.97. The van der Waals surface area contributed by atoms with Gasteiger partial charge in [-0.1, -0.05) is 11.3 Å². The van der Waals surface area contributed by atoms with Gasteiger partial charge in [0.05, 0.1) is 5.52 Å². The van der Waals surface area contributed by atoms with Crippen molar-refractivity contribution in [1.82, 2.24) is 15.4 Å². The van der Waals surface area contributed by atoms with Crippen LogP contribution in [0.15, 0.2) is 23.1 Å². The summed E-state index contributed by atoms with van der Waals surface area (Å²) in [6.45, 7) is 0. The Kier molecular flexibility index (Phi) is 1.14. The lowest BCUT2D eigenvalue weighted by Gasteiger charge is -1.88. The molecule has 0 unspecified atom stereocenters. The Bertz CT molecular complexity index is 355. The summed E-state index contributed by atoms with van der Waals surface area (Å²) in [5.41, 5.74) is 1.75. The van der Waals surface area contributed by atoms with E-state index in [1.165, 1.54) is 0 Å². The predicted octanol–water partition coefficient (Wildman–Crippen LogP) is 1.25. The van der Waals surface area contributed by atoms with Gasteiger partial charge in [0.15, 0.2) is 0 Å². The summed E-state index contributed by atoms with van der Waals surface area (Å²) in [5, 5.41) is 10.2. The predicted molar refractivity (Wildman–Crippen MR) is 41.1 cm³/mol. The zero-order valence-corrected chi connectivity index (χ0v) is 5.97. The molecular formula is C6H5N3S. The van der Waals surface area contributed by atoms with Crippen molar-refractivity contribution in [1.29, 1.82) is 0 Å². The van der Waals surface area contributed by atoms with E-state index in [9.17, 15) is 0 Å². The summed E-state index contributed by atoms with van der Waals surface area (Å²) in [4.78, 5) is 0.877. The van der Waals surface area contributed by atoms with Gasteiger partial charge in [0, 0.05) is 4.90 Å². The van der Waals surface area contributed by atoms with Gasteiger partial charge in [-0.2, -0.15) is 0 Å². The van der Waals surface area contributed by atoms with Crippen LogP contribution in [0, 0.1) is 0 Å². The van der Waals surface area contributed by atoms with Gasteiger partial charge in [-0.3, -0.25) is 5.10 Å². The van der Waals surface area contributed by atoms with Crippen LogP contribution in [-0.2, 0) is 0 Å². The van der Waals surface area contributed by atoms with E-state index in [0.29, 0.717) is 0 Å². The summed E-state index contributed by atoms with van der Waals surface area (Å²) >= 11 is 4.21. The maximum absolute atomic E-state index is 4.21. The second-order valence-electron chi connectivity index (χ2n) is 1.98. The second kappa shape index (κ2) is 1.98. The number of fused-ring (bicyclic) bond motifs is 1. The number of nitrogens with one attached hydrogen (secondary N) is 1. The number of nitrogens with zero attached hydrogens (tertiary/aromatic N) is 2. The quantitative estimate of drug-likeness (QED) is 0.556. The van der Waals surface area contributed by atoms with Crippen LogP contribution in [0.5, 0.6) is 0 Å². The first-order chi connectivity index (χ1) is 4.88. The van der Waals surface area contributed by atoms with E-state index < -0.39 is 0 Å². The van der Waals surface area contributed by atoms with Crippen molar-refractivity contribution < 1.29 is 0 Å². The minimum absolute atomic E-state index is 0.854. The van der Waals surface area contributed by atoms with E-state index in [4.69, 9.17) is 0 Å². The molecule has 2 rings (SSSR count). The Balaban J connectivity index is 2.95. The third-order valence-corrected chi connectivity index (χ3v) is 1.71. The van der Waals surface area contributed by atoms with Gasteiger partial charge < -0.3 is 0 Å². The molecule has 50 valence electrons. The lowest BCUT2D eigenvalue weighted by molar-refractivity contribution is 0.957. The van der Waals surface area contributed by atoms with Gasteiger partial charge in [0.2, 0.25) is 0 Å². The average Bonchev–Trinajstić information content (AvgIpc) is 2.36. The van der Waals surface area contributed by atoms with E-state index >= 15 is 0 Å². The molecule has 0 atom stereocenters. The molecule has 3 nitrogen and oxygen atoms in total. The Morgan fingerprint density at radius 2 is 2.30 bits per heavy atom. The minimum atomic E-state index is 0.854. The standard InChI is InChI=1S/C6H5N3S/c10-5-3-1-2-4-6(5)8-9-7-4/h1-3,10H,(H,7,8,9). The normalized spacial score (nSPS) is 10.5. The van der Waals surface area contributed by atoms with Crippen LogP contribution in [0.3, 0.4) is 0 Å². The number of aromatic nitrogens is 3. The molecule has 2 aromatic rings. The highest BCUT2D eigenvalue weighted by molar-refractivity contribution is 7.80. The molecule has 0 spiro atoms. The molecule has 0 fully saturated rings. The maximum Gasteiger partial charge on any atom is 0.114 e. The molecule has 1 N–H and O–H groups in total. The number of thiol groups is 1. The smallest absolute Gasteiger partial charge is 0.114 e. The molecule has 0 saturated heterocycles. The van der Waals surface area contributed by atoms with Crippen LogP contribution in [-0.4, -0.2) is 15.4 Å². The molecule has 1 heterocycles. The van der Waals surface area contributed by atoms with Gasteiger partial charge in [-0.05, 0) is 12.1 Å². The molecule has 1 aromatic carbocycles. The fraction of sp³-hybridized carbons (Fsp3) is 0. The topological polar surface area (TPSA) is 41.6 Å². The molecule has 0 aliphatic heterocycles. The second-order valence-corrected chi connectivity index (χ2v) is 2.46. The third kappa shape index (κ3) is 0.690. The number of H-pyrrole nitrogens is 1. The van der Waals surface area contributed by atoms with Gasteiger partial charge >= 0.3 is 0 Å². The molecule has 0 aliphatic rings. The van der Waals surface area contributed by atoms with Crippen molar-refractivity contribution in [3.8, 4) is 0 Å². The first-order valence-electron chi connectivity index (χ1n) is 2.86. The number of para-hydroxylation sites is 1. The lowest BCUT2D eigenvalue weighted by Crippen LogP contribution is -1.70. The highest BCUT2D eigenvalue weighted by Crippen LogP contribution is 2.15. The molecule has 0 radical (unpaired) electrons. The SMILES string of the molecule is Sc1cccc2nn[nH]c12. The van der Waals surface area contributed by atoms with Crippen molar-refractivity contribution in [2.75, 3.05) is 0 Å². The maximum atomic E-state index is 4.21. The Morgan fingerprint density at radius 1 is 1.40 bits per heavy atom. The van der Waals surface area contributed by atoms with E-state index in [0.717, 1.165) is 15.9 Å². The van der Waals surface area contributed by atoms with Crippen LogP contribution >= 0.6 is 12.6 Å². The zero-order valence-electron chi connectivity index (χ0n) is 5.07. The van der Waals surface area contributed by atoms with Crippen molar-refractivity contribution >= 4 is 23.7 Å². The third-order valence-electron chi connectivity index (χ3n) is 1.34. The Morgan fingerprint density at radius 3 is 3.10 bits per heavy atom.